The first kappa shape index (κ1) is 26.9. The first-order chi connectivity index (χ1) is 15.0. The van der Waals surface area contributed by atoms with Crippen LogP contribution in [0.3, 0.4) is 0 Å². The number of amides is 2. The second-order valence-electron chi connectivity index (χ2n) is 8.52. The quantitative estimate of drug-likeness (QED) is 0.161. The highest BCUT2D eigenvalue weighted by Gasteiger charge is 2.43. The van der Waals surface area contributed by atoms with Crippen LogP contribution >= 0.6 is 7.82 Å². The molecule has 11 nitrogen and oxygen atoms in total. The Bertz CT molecular complexity index is 713. The van der Waals surface area contributed by atoms with Gasteiger partial charge in [0.05, 0.1) is 12.7 Å². The molecule has 7 N–H and O–H groups in total. The van der Waals surface area contributed by atoms with Crippen LogP contribution in [0.2, 0.25) is 0 Å². The molecule has 2 heterocycles. The molecule has 0 spiro atoms. The van der Waals surface area contributed by atoms with Gasteiger partial charge in [0.1, 0.15) is 23.9 Å². The van der Waals surface area contributed by atoms with E-state index < -0.39 is 50.3 Å². The summed E-state index contributed by atoms with van der Waals surface area (Å²) in [6.07, 6.45) is 6.50. The summed E-state index contributed by atoms with van der Waals surface area (Å²) < 4.78 is 20.6. The normalized spacial score (nSPS) is 30.8. The second kappa shape index (κ2) is 12.2. The number of unbranched alkanes of at least 4 members (excludes halogenated alkanes) is 5. The van der Waals surface area contributed by atoms with Crippen molar-refractivity contribution in [3.05, 3.63) is 12.2 Å². The Balaban J connectivity index is 1.60. The number of hydrogen-bond donors (Lipinski definition) is 6. The SMILES string of the molecule is NC(=O)C1(CCCCCCCCC2OC(COP(=O)(O)O)C(O)C2O)CCC=CC(=O)N1. The van der Waals surface area contributed by atoms with E-state index in [0.29, 0.717) is 25.7 Å². The van der Waals surface area contributed by atoms with Crippen LogP contribution in [0.4, 0.5) is 0 Å². The van der Waals surface area contributed by atoms with Crippen molar-refractivity contribution >= 4 is 19.6 Å². The maximum atomic E-state index is 12.0. The molecule has 0 aromatic carbocycles. The van der Waals surface area contributed by atoms with Crippen molar-refractivity contribution in [3.63, 3.8) is 0 Å². The Morgan fingerprint density at radius 3 is 2.44 bits per heavy atom. The molecule has 184 valence electrons. The summed E-state index contributed by atoms with van der Waals surface area (Å²) in [6, 6.07) is 0. The Labute approximate surface area is 187 Å². The lowest BCUT2D eigenvalue weighted by Crippen LogP contribution is -2.56. The van der Waals surface area contributed by atoms with Gasteiger partial charge in [0.15, 0.2) is 0 Å². The van der Waals surface area contributed by atoms with Crippen LogP contribution in [0.15, 0.2) is 12.2 Å². The molecule has 32 heavy (non-hydrogen) atoms. The molecule has 0 radical (unpaired) electrons. The maximum Gasteiger partial charge on any atom is 0.469 e. The van der Waals surface area contributed by atoms with Gasteiger partial charge in [-0.3, -0.25) is 14.1 Å². The summed E-state index contributed by atoms with van der Waals surface area (Å²) in [5.41, 5.74) is 4.58. The molecule has 2 rings (SSSR count). The lowest BCUT2D eigenvalue weighted by atomic mass is 9.86. The van der Waals surface area contributed by atoms with Crippen LogP contribution in [0.25, 0.3) is 0 Å². The number of carbonyl (C=O) groups is 2. The molecule has 2 aliphatic heterocycles. The fourth-order valence-corrected chi connectivity index (χ4v) is 4.55. The van der Waals surface area contributed by atoms with Crippen molar-refractivity contribution in [1.82, 2.24) is 5.32 Å². The van der Waals surface area contributed by atoms with Gasteiger partial charge in [-0.05, 0) is 31.8 Å². The average molecular weight is 478 g/mol. The Morgan fingerprint density at radius 1 is 1.16 bits per heavy atom. The van der Waals surface area contributed by atoms with Crippen LogP contribution in [0.1, 0.15) is 64.2 Å². The van der Waals surface area contributed by atoms with Crippen molar-refractivity contribution in [2.75, 3.05) is 6.61 Å². The van der Waals surface area contributed by atoms with Gasteiger partial charge in [-0.2, -0.15) is 0 Å². The van der Waals surface area contributed by atoms with E-state index in [1.54, 1.807) is 6.08 Å². The molecule has 5 atom stereocenters. The highest BCUT2D eigenvalue weighted by molar-refractivity contribution is 7.46. The molecule has 12 heteroatoms. The van der Waals surface area contributed by atoms with E-state index in [0.717, 1.165) is 38.5 Å². The highest BCUT2D eigenvalue weighted by atomic mass is 31.2. The number of nitrogens with one attached hydrogen (secondary N) is 1. The van der Waals surface area contributed by atoms with Gasteiger partial charge in [-0.1, -0.05) is 44.6 Å². The van der Waals surface area contributed by atoms with E-state index in [4.69, 9.17) is 20.3 Å². The maximum absolute atomic E-state index is 12.0. The van der Waals surface area contributed by atoms with Gasteiger partial charge in [-0.15, -0.1) is 0 Å². The monoisotopic (exact) mass is 478 g/mol. The van der Waals surface area contributed by atoms with Crippen molar-refractivity contribution < 1.29 is 43.4 Å². The summed E-state index contributed by atoms with van der Waals surface area (Å²) in [6.45, 7) is -0.498. The number of phosphoric ester groups is 1. The molecule has 0 bridgehead atoms. The van der Waals surface area contributed by atoms with Crippen LogP contribution < -0.4 is 11.1 Å². The van der Waals surface area contributed by atoms with E-state index in [9.17, 15) is 24.4 Å². The highest BCUT2D eigenvalue weighted by Crippen LogP contribution is 2.37. The van der Waals surface area contributed by atoms with E-state index >= 15 is 0 Å². The van der Waals surface area contributed by atoms with Crippen LogP contribution in [0.5, 0.6) is 0 Å². The molecule has 5 unspecified atom stereocenters. The van der Waals surface area contributed by atoms with Crippen LogP contribution in [-0.4, -0.2) is 68.4 Å². The number of aliphatic hydroxyl groups excluding tert-OH is 2. The third kappa shape index (κ3) is 8.22. The molecule has 1 saturated heterocycles. The molecule has 0 aliphatic carbocycles. The minimum atomic E-state index is -4.67. The topological polar surface area (TPSA) is 189 Å². The molecule has 0 aromatic rings. The molecule has 0 aromatic heterocycles. The van der Waals surface area contributed by atoms with E-state index in [1.165, 1.54) is 6.08 Å². The van der Waals surface area contributed by atoms with Crippen molar-refractivity contribution in [1.29, 1.82) is 0 Å². The number of carbonyl (C=O) groups excluding carboxylic acids is 2. The van der Waals surface area contributed by atoms with Crippen LogP contribution in [0, 0.1) is 0 Å². The van der Waals surface area contributed by atoms with Crippen molar-refractivity contribution in [2.24, 2.45) is 5.73 Å². The zero-order chi connectivity index (χ0) is 23.8. The number of primary amides is 1. The number of aliphatic hydroxyl groups is 2. The summed E-state index contributed by atoms with van der Waals surface area (Å²) in [5.74, 6) is -0.797. The predicted octanol–water partition coefficient (Wildman–Crippen LogP) is 0.396. The number of hydrogen-bond acceptors (Lipinski definition) is 7. The predicted molar refractivity (Wildman–Crippen MR) is 114 cm³/mol. The Hall–Kier alpha value is -1.33. The van der Waals surface area contributed by atoms with Gasteiger partial charge in [-0.25, -0.2) is 4.57 Å². The minimum Gasteiger partial charge on any atom is -0.388 e. The summed E-state index contributed by atoms with van der Waals surface area (Å²) in [5, 5.41) is 22.8. The summed E-state index contributed by atoms with van der Waals surface area (Å²) in [7, 11) is -4.67. The fraction of sp³-hybridized carbons (Fsp3) is 0.800. The zero-order valence-corrected chi connectivity index (χ0v) is 19.0. The molecule has 2 amide bonds. The number of allylic oxidation sites excluding steroid dienone is 1. The summed E-state index contributed by atoms with van der Waals surface area (Å²) >= 11 is 0. The average Bonchev–Trinajstić information content (AvgIpc) is 2.86. The first-order valence-corrected chi connectivity index (χ1v) is 12.6. The lowest BCUT2D eigenvalue weighted by Gasteiger charge is -2.30. The van der Waals surface area contributed by atoms with E-state index in [-0.39, 0.29) is 5.91 Å². The van der Waals surface area contributed by atoms with Gasteiger partial charge in [0.2, 0.25) is 11.8 Å². The van der Waals surface area contributed by atoms with Crippen molar-refractivity contribution in [3.8, 4) is 0 Å². The smallest absolute Gasteiger partial charge is 0.388 e. The van der Waals surface area contributed by atoms with Gasteiger partial charge >= 0.3 is 7.82 Å². The molecule has 1 fully saturated rings. The first-order valence-electron chi connectivity index (χ1n) is 11.0. The number of ether oxygens (including phenoxy) is 1. The minimum absolute atomic E-state index is 0.293. The fourth-order valence-electron chi connectivity index (χ4n) is 4.21. The van der Waals surface area contributed by atoms with E-state index in [2.05, 4.69) is 9.84 Å². The molecular weight excluding hydrogens is 443 g/mol. The third-order valence-corrected chi connectivity index (χ3v) is 6.54. The Morgan fingerprint density at radius 2 is 1.78 bits per heavy atom. The third-order valence-electron chi connectivity index (χ3n) is 6.05. The molecule has 2 aliphatic rings. The van der Waals surface area contributed by atoms with Crippen LogP contribution in [-0.2, 0) is 23.4 Å². The van der Waals surface area contributed by atoms with E-state index in [1.807, 2.05) is 0 Å². The summed E-state index contributed by atoms with van der Waals surface area (Å²) in [4.78, 5) is 41.2. The molecular formula is C20H35N2O9P. The largest absolute Gasteiger partial charge is 0.469 e. The van der Waals surface area contributed by atoms with Gasteiger partial charge in [0.25, 0.3) is 0 Å². The number of rotatable bonds is 13. The second-order valence-corrected chi connectivity index (χ2v) is 9.76. The molecule has 0 saturated carbocycles. The standard InChI is InChI=1S/C20H35N2O9P/c21-19(26)20(12-8-6-10-16(23)22-20)11-7-4-2-1-3-5-9-14-17(24)18(25)15(31-14)13-30-32(27,28)29/h6,10,14-15,17-18,24-25H,1-5,7-9,11-13H2,(H2,21,26)(H,22,23)(H2,27,28,29). The van der Waals surface area contributed by atoms with Gasteiger partial charge < -0.3 is 35.8 Å². The zero-order valence-electron chi connectivity index (χ0n) is 18.1. The number of phosphoric acid groups is 1. The van der Waals surface area contributed by atoms with Gasteiger partial charge in [0, 0.05) is 0 Å². The lowest BCUT2D eigenvalue weighted by molar-refractivity contribution is -0.130. The Kier molecular flexibility index (Phi) is 10.3. The van der Waals surface area contributed by atoms with Crippen molar-refractivity contribution in [2.45, 2.75) is 94.2 Å². The number of nitrogens with two attached hydrogens (primary N) is 1.